The number of nitrogens with one attached hydrogen (secondary N) is 2. The van der Waals surface area contributed by atoms with Crippen LogP contribution in [-0.4, -0.2) is 149 Å². The summed E-state index contributed by atoms with van der Waals surface area (Å²) in [4.78, 5) is 41.1. The molecule has 7 N–H and O–H groups in total. The number of fused-ring (bicyclic) bond motifs is 6. The van der Waals surface area contributed by atoms with E-state index in [2.05, 4.69) is 57.4 Å². The van der Waals surface area contributed by atoms with Gasteiger partial charge in [-0.3, -0.25) is 28.5 Å². The van der Waals surface area contributed by atoms with Gasteiger partial charge >= 0.3 is 16.4 Å². The number of amides is 1. The molecule has 2 aromatic carbocycles. The molecule has 10 rings (SSSR count). The molecule has 2 saturated carbocycles. The van der Waals surface area contributed by atoms with Gasteiger partial charge in [0.1, 0.15) is 17.3 Å². The molecule has 6 heterocycles. The van der Waals surface area contributed by atoms with Gasteiger partial charge < -0.3 is 40.0 Å². The van der Waals surface area contributed by atoms with Crippen molar-refractivity contribution in [2.24, 2.45) is 11.3 Å². The number of aliphatic hydroxyl groups is 3. The van der Waals surface area contributed by atoms with Crippen LogP contribution in [0.4, 0.5) is 5.69 Å². The predicted molar refractivity (Wildman–Crippen MR) is 248 cm³/mol. The summed E-state index contributed by atoms with van der Waals surface area (Å²) in [5.74, 6) is -0.485. The molecular weight excluding hydrogens is 867 g/mol. The number of anilines is 1. The lowest BCUT2D eigenvalue weighted by Crippen LogP contribution is -2.82. The smallest absolute Gasteiger partial charge is 0.394 e. The lowest BCUT2D eigenvalue weighted by Gasteiger charge is -2.63. The summed E-state index contributed by atoms with van der Waals surface area (Å²) in [6.07, 6.45) is 11.0. The number of para-hydroxylation sites is 1. The molecule has 1 spiro atoms. The van der Waals surface area contributed by atoms with Gasteiger partial charge in [-0.15, -0.1) is 0 Å². The number of carbonyl (C=O) groups excluding carboxylic acids is 2. The summed E-state index contributed by atoms with van der Waals surface area (Å²) in [6.45, 7) is 7.56. The summed E-state index contributed by atoms with van der Waals surface area (Å²) < 4.78 is 44.0. The van der Waals surface area contributed by atoms with Crippen molar-refractivity contribution in [3.63, 3.8) is 0 Å². The molecule has 360 valence electrons. The second-order valence-corrected chi connectivity index (χ2v) is 21.3. The van der Waals surface area contributed by atoms with Crippen molar-refractivity contribution >= 4 is 38.9 Å². The van der Waals surface area contributed by atoms with Crippen LogP contribution in [0.2, 0.25) is 0 Å². The zero-order valence-electron chi connectivity index (χ0n) is 38.8. The Bertz CT molecular complexity index is 2520. The molecule has 5 aliphatic heterocycles. The average Bonchev–Trinajstić information content (AvgIpc) is 3.96. The van der Waals surface area contributed by atoms with Crippen LogP contribution in [0.5, 0.6) is 5.75 Å². The van der Waals surface area contributed by atoms with Crippen molar-refractivity contribution < 1.29 is 51.9 Å². The van der Waals surface area contributed by atoms with Crippen LogP contribution in [0.1, 0.15) is 100 Å². The van der Waals surface area contributed by atoms with E-state index in [0.717, 1.165) is 85.1 Å². The Morgan fingerprint density at radius 1 is 0.970 bits per heavy atom. The van der Waals surface area contributed by atoms with E-state index >= 15 is 9.59 Å². The third-order valence-corrected chi connectivity index (χ3v) is 17.1. The van der Waals surface area contributed by atoms with Crippen LogP contribution in [-0.2, 0) is 42.0 Å². The third-order valence-electron chi connectivity index (χ3n) is 17.1. The van der Waals surface area contributed by atoms with Gasteiger partial charge in [0.25, 0.3) is 5.91 Å². The number of aromatic nitrogens is 1. The van der Waals surface area contributed by atoms with E-state index in [9.17, 15) is 15.3 Å². The summed E-state index contributed by atoms with van der Waals surface area (Å²) in [5.41, 5.74) is -1.03. The Morgan fingerprint density at radius 3 is 2.38 bits per heavy atom. The van der Waals surface area contributed by atoms with Crippen LogP contribution in [0.15, 0.2) is 48.6 Å². The Balaban J connectivity index is 0.00000104. The number of H-pyrrole nitrogens is 1. The molecule has 16 nitrogen and oxygen atoms in total. The quantitative estimate of drug-likeness (QED) is 0.101. The van der Waals surface area contributed by atoms with E-state index in [-0.39, 0.29) is 18.0 Å². The Kier molecular flexibility index (Phi) is 12.0. The van der Waals surface area contributed by atoms with Gasteiger partial charge in [-0.1, -0.05) is 63.5 Å². The first-order chi connectivity index (χ1) is 31.3. The van der Waals surface area contributed by atoms with Crippen LogP contribution in [0.25, 0.3) is 10.9 Å². The van der Waals surface area contributed by atoms with Crippen molar-refractivity contribution in [2.45, 2.75) is 131 Å². The van der Waals surface area contributed by atoms with Crippen molar-refractivity contribution in [3.8, 4) is 5.75 Å². The number of ether oxygens (including phenoxy) is 2. The first-order valence-corrected chi connectivity index (χ1v) is 25.2. The summed E-state index contributed by atoms with van der Waals surface area (Å²) >= 11 is 0. The van der Waals surface area contributed by atoms with Crippen molar-refractivity contribution in [2.75, 3.05) is 58.9 Å². The first kappa shape index (κ1) is 47.0. The molecule has 7 aliphatic rings. The van der Waals surface area contributed by atoms with E-state index < -0.39 is 61.9 Å². The van der Waals surface area contributed by atoms with E-state index in [4.69, 9.17) is 27.0 Å². The molecule has 4 fully saturated rings. The molecule has 1 aromatic heterocycles. The number of esters is 1. The van der Waals surface area contributed by atoms with Crippen molar-refractivity contribution in [1.29, 1.82) is 0 Å². The van der Waals surface area contributed by atoms with Crippen molar-refractivity contribution in [1.82, 2.24) is 20.1 Å². The molecule has 10 atom stereocenters. The number of aliphatic hydroxyl groups excluding tert-OH is 1. The average molecular weight is 934 g/mol. The Hall–Kier alpha value is -4.07. The van der Waals surface area contributed by atoms with Crippen LogP contribution in [0, 0.1) is 11.3 Å². The number of rotatable bonds is 7. The molecule has 2 aliphatic carbocycles. The van der Waals surface area contributed by atoms with Gasteiger partial charge in [0.05, 0.1) is 25.9 Å². The fourth-order valence-electron chi connectivity index (χ4n) is 14.6. The molecule has 2 bridgehead atoms. The summed E-state index contributed by atoms with van der Waals surface area (Å²) in [6, 6.07) is 11.3. The number of piperidine rings is 1. The highest BCUT2D eigenvalue weighted by Gasteiger charge is 2.78. The summed E-state index contributed by atoms with van der Waals surface area (Å²) in [5, 5.41) is 42.7. The second kappa shape index (κ2) is 16.9. The van der Waals surface area contributed by atoms with E-state index in [1.165, 1.54) is 7.11 Å². The van der Waals surface area contributed by atoms with E-state index in [0.29, 0.717) is 62.9 Å². The summed E-state index contributed by atoms with van der Waals surface area (Å²) in [7, 11) is 0.375. The Morgan fingerprint density at radius 2 is 1.70 bits per heavy atom. The third kappa shape index (κ3) is 7.04. The maximum atomic E-state index is 15.4. The van der Waals surface area contributed by atoms with E-state index in [1.807, 2.05) is 37.1 Å². The number of benzene rings is 2. The fraction of sp³-hybridized carbons (Fsp3) is 0.633. The fourth-order valence-corrected chi connectivity index (χ4v) is 14.6. The molecule has 66 heavy (non-hydrogen) atoms. The van der Waals surface area contributed by atoms with Crippen LogP contribution < -0.4 is 15.0 Å². The topological polar surface area (TPSA) is 225 Å². The zero-order chi connectivity index (χ0) is 47.2. The molecule has 17 heteroatoms. The zero-order valence-corrected chi connectivity index (χ0v) is 39.6. The second-order valence-electron chi connectivity index (χ2n) is 20.4. The first-order valence-electron chi connectivity index (χ1n) is 23.8. The van der Waals surface area contributed by atoms with Crippen molar-refractivity contribution in [3.05, 3.63) is 70.9 Å². The standard InChI is InChI=1S/C49H65N5O7.H2O4S/c1-6-45(58)26-30-27-48(44(57)61-5,39-33(18-22-53(28-30)29-45)32-16-11-12-17-36(32)51-39)35-24-34-37(25-38(35)60-4)52(3)41-47(34)20-23-54-21-13-19-46(7-2,40(47)54)42(55)49(41,59)43(56)50-31-14-9-8-10-15-31;1-5(2,3)4/h11-13,16-17,19,24-25,30-31,40-42,51,55,58-59H,6-10,14-15,18,20-23,26-29H2,1-5H3,(H,50,56);(H2,1,2,3,4)/t30-,40+,41-,42-,45+,46-,47-,48+,49+;/m1./s1. The normalized spacial score (nSPS) is 36.1. The minimum Gasteiger partial charge on any atom is -0.496 e. The maximum absolute atomic E-state index is 15.4. The number of likely N-dealkylation sites (N-methyl/N-ethyl adjacent to an activating group) is 1. The molecular formula is C49H67N5O11S. The number of carbonyl (C=O) groups is 2. The highest BCUT2D eigenvalue weighted by molar-refractivity contribution is 7.79. The number of hydrogen-bond acceptors (Lipinski definition) is 12. The minimum atomic E-state index is -4.67. The highest BCUT2D eigenvalue weighted by atomic mass is 32.3. The number of aromatic amines is 1. The largest absolute Gasteiger partial charge is 0.496 e. The number of methoxy groups -OCH3 is 2. The van der Waals surface area contributed by atoms with Gasteiger partial charge in [0, 0.05) is 90.1 Å². The number of nitrogens with zero attached hydrogens (tertiary/aromatic N) is 3. The SMILES string of the molecule is CC[C@]1(O)C[C@H]2CN(CCc3c([nH]c4ccccc34)[C@@](C(=O)OC)(c3cc4c(cc3OC)N(C)[C@H]3[C@@](O)(C(=O)NC5CCCCC5)[C@H](O)[C@]5(CC)C=CCN6CC[C@]43[C@@H]65)C2)C1.O=S(=O)(O)O. The van der Waals surface area contributed by atoms with Crippen LogP contribution in [0.3, 0.4) is 0 Å². The highest BCUT2D eigenvalue weighted by Crippen LogP contribution is 2.67. The van der Waals surface area contributed by atoms with Gasteiger partial charge in [-0.25, -0.2) is 0 Å². The maximum Gasteiger partial charge on any atom is 0.394 e. The van der Waals surface area contributed by atoms with E-state index in [1.54, 1.807) is 7.11 Å². The number of hydrogen-bond donors (Lipinski definition) is 7. The van der Waals surface area contributed by atoms with Gasteiger partial charge in [0.2, 0.25) is 0 Å². The lowest BCUT2D eigenvalue weighted by atomic mass is 9.47. The predicted octanol–water partition coefficient (Wildman–Crippen LogP) is 4.04. The molecule has 1 unspecified atom stereocenters. The lowest BCUT2D eigenvalue weighted by molar-refractivity contribution is -0.204. The van der Waals surface area contributed by atoms with Crippen LogP contribution >= 0.6 is 0 Å². The van der Waals surface area contributed by atoms with Gasteiger partial charge in [-0.2, -0.15) is 8.42 Å². The van der Waals surface area contributed by atoms with Gasteiger partial charge in [-0.05, 0) is 87.1 Å². The molecule has 3 aromatic rings. The molecule has 0 radical (unpaired) electrons. The Labute approximate surface area is 387 Å². The minimum absolute atomic E-state index is 0.0682. The van der Waals surface area contributed by atoms with Gasteiger partial charge in [0.15, 0.2) is 5.60 Å². The molecule has 1 amide bonds. The monoisotopic (exact) mass is 933 g/mol. The molecule has 2 saturated heterocycles.